The number of rotatable bonds is 3. The van der Waals surface area contributed by atoms with E-state index in [9.17, 15) is 4.79 Å². The lowest BCUT2D eigenvalue weighted by atomic mass is 9.87. The molecule has 23 heavy (non-hydrogen) atoms. The minimum Gasteiger partial charge on any atom is -0.365 e. The highest BCUT2D eigenvalue weighted by Crippen LogP contribution is 2.38. The van der Waals surface area contributed by atoms with Gasteiger partial charge in [-0.05, 0) is 56.5 Å². The van der Waals surface area contributed by atoms with Crippen molar-refractivity contribution in [1.29, 1.82) is 5.26 Å². The van der Waals surface area contributed by atoms with Crippen LogP contribution in [-0.4, -0.2) is 24.7 Å². The van der Waals surface area contributed by atoms with Crippen molar-refractivity contribution < 1.29 is 4.79 Å². The second-order valence-electron chi connectivity index (χ2n) is 6.39. The molecule has 0 saturated carbocycles. The first-order chi connectivity index (χ1) is 10.8. The van der Waals surface area contributed by atoms with E-state index in [1.165, 1.54) is 16.8 Å². The number of hydrogen-bond acceptors (Lipinski definition) is 4. The van der Waals surface area contributed by atoms with Gasteiger partial charge in [0.1, 0.15) is 6.42 Å². The van der Waals surface area contributed by atoms with Crippen molar-refractivity contribution in [3.05, 3.63) is 34.9 Å². The molecule has 1 N–H and O–H groups in total. The van der Waals surface area contributed by atoms with Gasteiger partial charge in [-0.3, -0.25) is 4.79 Å². The molecule has 1 aromatic rings. The lowest BCUT2D eigenvalue weighted by Crippen LogP contribution is -2.42. The normalized spacial score (nSPS) is 15.8. The summed E-state index contributed by atoms with van der Waals surface area (Å²) in [5.74, 6) is -0.406. The molecular weight excluding hydrogens is 288 g/mol. The quantitative estimate of drug-likeness (QED) is 0.689. The fraction of sp³-hybridized carbons (Fsp3) is 0.389. The zero-order valence-corrected chi connectivity index (χ0v) is 14.3. The fourth-order valence-electron chi connectivity index (χ4n) is 2.74. The van der Waals surface area contributed by atoms with E-state index in [0.29, 0.717) is 0 Å². The minimum atomic E-state index is -0.406. The van der Waals surface area contributed by atoms with Crippen LogP contribution in [0.2, 0.25) is 0 Å². The van der Waals surface area contributed by atoms with Crippen molar-refractivity contribution in [3.8, 4) is 6.07 Å². The molecule has 0 aliphatic carbocycles. The molecule has 2 rings (SSSR count). The maximum Gasteiger partial charge on any atom is 0.254 e. The predicted octanol–water partition coefficient (Wildman–Crippen LogP) is 2.99. The number of fused-ring (bicyclic) bond motifs is 1. The number of hydrogen-bond donors (Lipinski definition) is 1. The molecule has 0 unspecified atom stereocenters. The van der Waals surface area contributed by atoms with Gasteiger partial charge in [-0.2, -0.15) is 10.4 Å². The molecule has 1 aliphatic heterocycles. The van der Waals surface area contributed by atoms with Gasteiger partial charge in [0, 0.05) is 18.3 Å². The van der Waals surface area contributed by atoms with Gasteiger partial charge < -0.3 is 4.90 Å². The third kappa shape index (κ3) is 3.42. The standard InChI is InChI=1S/C18H22N4O/c1-12-8-16-15(13(2)10-18(3,4)22(16)5)9-14(12)11-20-21-17(23)6-7-19/h8-11H,6H2,1-5H3,(H,21,23)/b20-11-. The van der Waals surface area contributed by atoms with Crippen LogP contribution in [0.15, 0.2) is 23.3 Å². The summed E-state index contributed by atoms with van der Waals surface area (Å²) in [6.45, 7) is 8.51. The molecule has 0 atom stereocenters. The number of benzene rings is 1. The van der Waals surface area contributed by atoms with E-state index in [2.05, 4.69) is 61.5 Å². The lowest BCUT2D eigenvalue weighted by Gasteiger charge is -2.41. The predicted molar refractivity (Wildman–Crippen MR) is 93.3 cm³/mol. The number of carbonyl (C=O) groups excluding carboxylic acids is 1. The summed E-state index contributed by atoms with van der Waals surface area (Å²) in [5.41, 5.74) is 7.95. The van der Waals surface area contributed by atoms with Gasteiger partial charge in [0.25, 0.3) is 5.91 Å². The third-order valence-corrected chi connectivity index (χ3v) is 4.24. The highest BCUT2D eigenvalue weighted by molar-refractivity contribution is 5.90. The Morgan fingerprint density at radius 1 is 1.43 bits per heavy atom. The number of aryl methyl sites for hydroxylation is 1. The van der Waals surface area contributed by atoms with Crippen LogP contribution in [0.4, 0.5) is 5.69 Å². The number of nitriles is 1. The highest BCUT2D eigenvalue weighted by Gasteiger charge is 2.28. The first-order valence-corrected chi connectivity index (χ1v) is 7.53. The van der Waals surface area contributed by atoms with Crippen LogP contribution in [0.25, 0.3) is 5.57 Å². The smallest absolute Gasteiger partial charge is 0.254 e. The van der Waals surface area contributed by atoms with Crippen molar-refractivity contribution in [2.45, 2.75) is 39.7 Å². The second-order valence-corrected chi connectivity index (χ2v) is 6.39. The molecule has 5 heteroatoms. The maximum absolute atomic E-state index is 11.3. The van der Waals surface area contributed by atoms with Gasteiger partial charge in [-0.15, -0.1) is 0 Å². The van der Waals surface area contributed by atoms with E-state index >= 15 is 0 Å². The number of carbonyl (C=O) groups is 1. The lowest BCUT2D eigenvalue weighted by molar-refractivity contribution is -0.120. The fourth-order valence-corrected chi connectivity index (χ4v) is 2.74. The van der Waals surface area contributed by atoms with Crippen LogP contribution in [0.3, 0.4) is 0 Å². The zero-order chi connectivity index (χ0) is 17.2. The number of hydrazone groups is 1. The van der Waals surface area contributed by atoms with Crippen LogP contribution in [0, 0.1) is 18.3 Å². The number of anilines is 1. The van der Waals surface area contributed by atoms with E-state index in [1.54, 1.807) is 12.3 Å². The van der Waals surface area contributed by atoms with Crippen molar-refractivity contribution >= 4 is 23.4 Å². The number of amides is 1. The maximum atomic E-state index is 11.3. The highest BCUT2D eigenvalue weighted by atomic mass is 16.2. The molecule has 5 nitrogen and oxygen atoms in total. The van der Waals surface area contributed by atoms with Gasteiger partial charge in [0.05, 0.1) is 17.8 Å². The minimum absolute atomic E-state index is 0.0234. The van der Waals surface area contributed by atoms with Crippen molar-refractivity contribution in [3.63, 3.8) is 0 Å². The van der Waals surface area contributed by atoms with E-state index in [4.69, 9.17) is 5.26 Å². The first-order valence-electron chi connectivity index (χ1n) is 7.53. The number of allylic oxidation sites excluding steroid dienone is 1. The Labute approximate surface area is 137 Å². The zero-order valence-electron chi connectivity index (χ0n) is 14.3. The van der Waals surface area contributed by atoms with Crippen molar-refractivity contribution in [1.82, 2.24) is 5.43 Å². The Morgan fingerprint density at radius 3 is 2.78 bits per heavy atom. The van der Waals surface area contributed by atoms with Gasteiger partial charge in [-0.1, -0.05) is 6.08 Å². The molecule has 0 bridgehead atoms. The third-order valence-electron chi connectivity index (χ3n) is 4.24. The van der Waals surface area contributed by atoms with Crippen LogP contribution in [0.5, 0.6) is 0 Å². The van der Waals surface area contributed by atoms with Crippen LogP contribution >= 0.6 is 0 Å². The summed E-state index contributed by atoms with van der Waals surface area (Å²) < 4.78 is 0. The van der Waals surface area contributed by atoms with E-state index in [-0.39, 0.29) is 12.0 Å². The summed E-state index contributed by atoms with van der Waals surface area (Å²) in [4.78, 5) is 13.5. The molecule has 1 aromatic carbocycles. The summed E-state index contributed by atoms with van der Waals surface area (Å²) in [6.07, 6.45) is 3.68. The number of nitrogens with zero attached hydrogens (tertiary/aromatic N) is 3. The number of nitrogens with one attached hydrogen (secondary N) is 1. The van der Waals surface area contributed by atoms with Gasteiger partial charge in [0.2, 0.25) is 0 Å². The summed E-state index contributed by atoms with van der Waals surface area (Å²) in [5, 5.41) is 12.4. The first kappa shape index (κ1) is 16.8. The molecule has 0 aromatic heterocycles. The largest absolute Gasteiger partial charge is 0.365 e. The van der Waals surface area contributed by atoms with Crippen LogP contribution < -0.4 is 10.3 Å². The SMILES string of the molecule is CC1=CC(C)(C)N(C)c2cc(C)c(/C=N\NC(=O)CC#N)cc21. The molecule has 1 aliphatic rings. The van der Waals surface area contributed by atoms with Gasteiger partial charge in [-0.25, -0.2) is 5.43 Å². The molecule has 0 radical (unpaired) electrons. The molecule has 120 valence electrons. The topological polar surface area (TPSA) is 68.5 Å². The Kier molecular flexibility index (Phi) is 4.55. The second kappa shape index (κ2) is 6.25. The van der Waals surface area contributed by atoms with Crippen LogP contribution in [0.1, 0.15) is 43.9 Å². The molecule has 1 amide bonds. The Morgan fingerprint density at radius 2 is 2.13 bits per heavy atom. The van der Waals surface area contributed by atoms with Gasteiger partial charge in [0.15, 0.2) is 0 Å². The summed E-state index contributed by atoms with van der Waals surface area (Å²) >= 11 is 0. The van der Waals surface area contributed by atoms with E-state index < -0.39 is 5.91 Å². The van der Waals surface area contributed by atoms with Crippen molar-refractivity contribution in [2.24, 2.45) is 5.10 Å². The van der Waals surface area contributed by atoms with Crippen molar-refractivity contribution in [2.75, 3.05) is 11.9 Å². The van der Waals surface area contributed by atoms with E-state index in [0.717, 1.165) is 11.1 Å². The Hall–Kier alpha value is -2.61. The molecule has 1 heterocycles. The van der Waals surface area contributed by atoms with E-state index in [1.807, 2.05) is 6.92 Å². The Balaban J connectivity index is 2.33. The Bertz CT molecular complexity index is 738. The summed E-state index contributed by atoms with van der Waals surface area (Å²) in [7, 11) is 2.09. The summed E-state index contributed by atoms with van der Waals surface area (Å²) in [6, 6.07) is 6.02. The monoisotopic (exact) mass is 310 g/mol. The number of likely N-dealkylation sites (N-methyl/N-ethyl adjacent to an activating group) is 1. The molecule has 0 saturated heterocycles. The average molecular weight is 310 g/mol. The average Bonchev–Trinajstić information content (AvgIpc) is 2.46. The van der Waals surface area contributed by atoms with Crippen LogP contribution in [-0.2, 0) is 4.79 Å². The molecule has 0 spiro atoms. The van der Waals surface area contributed by atoms with Gasteiger partial charge >= 0.3 is 0 Å². The molecule has 0 fully saturated rings. The molecular formula is C18H22N4O.